The van der Waals surface area contributed by atoms with Crippen molar-refractivity contribution < 1.29 is 18.7 Å². The van der Waals surface area contributed by atoms with E-state index in [4.69, 9.17) is 13.9 Å². The van der Waals surface area contributed by atoms with Crippen molar-refractivity contribution in [2.24, 2.45) is 11.3 Å². The molecule has 0 unspecified atom stereocenters. The van der Waals surface area contributed by atoms with Crippen LogP contribution in [0.4, 0.5) is 0 Å². The van der Waals surface area contributed by atoms with Crippen molar-refractivity contribution >= 4 is 5.91 Å². The molecule has 2 aliphatic heterocycles. The minimum absolute atomic E-state index is 0.0951. The van der Waals surface area contributed by atoms with E-state index in [0.29, 0.717) is 45.2 Å². The van der Waals surface area contributed by atoms with E-state index in [0.717, 1.165) is 5.69 Å². The van der Waals surface area contributed by atoms with Crippen LogP contribution in [0, 0.1) is 11.3 Å². The molecule has 2 aliphatic rings. The average molecular weight is 329 g/mol. The molecule has 0 bridgehead atoms. The Labute approximate surface area is 139 Å². The number of fused-ring (bicyclic) bond motifs is 1. The van der Waals surface area contributed by atoms with Gasteiger partial charge in [-0.1, -0.05) is 6.07 Å². The molecule has 4 rings (SSSR count). The number of carbonyl (C=O) groups excluding carboxylic acids is 1. The Bertz CT molecular complexity index is 691. The molecule has 4 heterocycles. The SMILES string of the molecule is O=C(c1cocn1)N1C[C@@H]2COC[C@]2(COCc2ccccn2)C1. The first-order valence-electron chi connectivity index (χ1n) is 8.00. The topological polar surface area (TPSA) is 77.7 Å². The van der Waals surface area contributed by atoms with Crippen molar-refractivity contribution in [2.45, 2.75) is 6.61 Å². The Morgan fingerprint density at radius 1 is 1.42 bits per heavy atom. The smallest absolute Gasteiger partial charge is 0.275 e. The Hall–Kier alpha value is -2.25. The summed E-state index contributed by atoms with van der Waals surface area (Å²) < 4.78 is 16.5. The predicted octanol–water partition coefficient (Wildman–Crippen LogP) is 1.37. The van der Waals surface area contributed by atoms with E-state index in [1.165, 1.54) is 12.7 Å². The first kappa shape index (κ1) is 15.3. The first-order chi connectivity index (χ1) is 11.8. The molecule has 0 aliphatic carbocycles. The monoisotopic (exact) mass is 329 g/mol. The van der Waals surface area contributed by atoms with Crippen LogP contribution in [-0.4, -0.2) is 53.7 Å². The second-order valence-electron chi connectivity index (χ2n) is 6.45. The van der Waals surface area contributed by atoms with Crippen molar-refractivity contribution in [2.75, 3.05) is 32.9 Å². The lowest BCUT2D eigenvalue weighted by Gasteiger charge is -2.26. The number of pyridine rings is 1. The molecule has 0 aromatic carbocycles. The summed E-state index contributed by atoms with van der Waals surface area (Å²) in [6, 6.07) is 5.77. The predicted molar refractivity (Wildman–Crippen MR) is 83.0 cm³/mol. The number of nitrogens with zero attached hydrogens (tertiary/aromatic N) is 3. The Morgan fingerprint density at radius 3 is 3.17 bits per heavy atom. The third kappa shape index (κ3) is 2.81. The lowest BCUT2D eigenvalue weighted by molar-refractivity contribution is 0.0174. The number of oxazole rings is 1. The lowest BCUT2D eigenvalue weighted by atomic mass is 9.82. The number of amides is 1. The summed E-state index contributed by atoms with van der Waals surface area (Å²) in [6.07, 6.45) is 4.42. The molecule has 126 valence electrons. The highest BCUT2D eigenvalue weighted by Gasteiger charge is 2.52. The number of hydrogen-bond acceptors (Lipinski definition) is 6. The van der Waals surface area contributed by atoms with Gasteiger partial charge in [-0.3, -0.25) is 9.78 Å². The first-order valence-corrected chi connectivity index (χ1v) is 8.00. The van der Waals surface area contributed by atoms with E-state index in [-0.39, 0.29) is 17.2 Å². The number of hydrogen-bond donors (Lipinski definition) is 0. The van der Waals surface area contributed by atoms with E-state index in [9.17, 15) is 4.79 Å². The van der Waals surface area contributed by atoms with Crippen molar-refractivity contribution in [3.8, 4) is 0 Å². The van der Waals surface area contributed by atoms with Gasteiger partial charge in [0, 0.05) is 30.6 Å². The van der Waals surface area contributed by atoms with Gasteiger partial charge in [0.2, 0.25) is 0 Å². The molecule has 0 N–H and O–H groups in total. The van der Waals surface area contributed by atoms with Gasteiger partial charge >= 0.3 is 0 Å². The van der Waals surface area contributed by atoms with Crippen LogP contribution in [0.25, 0.3) is 0 Å². The number of rotatable bonds is 5. The molecule has 2 fully saturated rings. The third-order valence-corrected chi connectivity index (χ3v) is 4.83. The van der Waals surface area contributed by atoms with Crippen molar-refractivity contribution in [3.63, 3.8) is 0 Å². The Morgan fingerprint density at radius 2 is 2.38 bits per heavy atom. The minimum Gasteiger partial charge on any atom is -0.451 e. The van der Waals surface area contributed by atoms with Gasteiger partial charge in [-0.2, -0.15) is 0 Å². The van der Waals surface area contributed by atoms with E-state index in [1.807, 2.05) is 23.1 Å². The summed E-state index contributed by atoms with van der Waals surface area (Å²) in [5.74, 6) is 0.194. The molecular formula is C17H19N3O4. The fraction of sp³-hybridized carbons (Fsp3) is 0.471. The van der Waals surface area contributed by atoms with Gasteiger partial charge in [0.05, 0.1) is 32.1 Å². The molecule has 2 saturated heterocycles. The normalized spacial score (nSPS) is 25.8. The van der Waals surface area contributed by atoms with Crippen LogP contribution >= 0.6 is 0 Å². The highest BCUT2D eigenvalue weighted by molar-refractivity contribution is 5.92. The fourth-order valence-corrected chi connectivity index (χ4v) is 3.51. The fourth-order valence-electron chi connectivity index (χ4n) is 3.51. The van der Waals surface area contributed by atoms with Gasteiger partial charge in [-0.25, -0.2) is 4.98 Å². The zero-order chi connectivity index (χ0) is 16.4. The quantitative estimate of drug-likeness (QED) is 0.824. The molecule has 0 saturated carbocycles. The summed E-state index contributed by atoms with van der Waals surface area (Å²) in [5, 5.41) is 0. The molecule has 2 aromatic heterocycles. The van der Waals surface area contributed by atoms with Gasteiger partial charge in [0.1, 0.15) is 6.26 Å². The molecule has 2 atom stereocenters. The molecular weight excluding hydrogens is 310 g/mol. The summed E-state index contributed by atoms with van der Waals surface area (Å²) in [7, 11) is 0. The Balaban J connectivity index is 1.40. The lowest BCUT2D eigenvalue weighted by Crippen LogP contribution is -2.37. The highest BCUT2D eigenvalue weighted by Crippen LogP contribution is 2.42. The molecule has 24 heavy (non-hydrogen) atoms. The van der Waals surface area contributed by atoms with E-state index in [2.05, 4.69) is 9.97 Å². The molecule has 0 radical (unpaired) electrons. The number of carbonyl (C=O) groups is 1. The molecule has 1 amide bonds. The number of aromatic nitrogens is 2. The zero-order valence-corrected chi connectivity index (χ0v) is 13.3. The Kier molecular flexibility index (Phi) is 4.03. The summed E-state index contributed by atoms with van der Waals surface area (Å²) >= 11 is 0. The molecule has 0 spiro atoms. The van der Waals surface area contributed by atoms with Crippen LogP contribution in [0.2, 0.25) is 0 Å². The van der Waals surface area contributed by atoms with Crippen LogP contribution in [-0.2, 0) is 16.1 Å². The van der Waals surface area contributed by atoms with Crippen LogP contribution < -0.4 is 0 Å². The van der Waals surface area contributed by atoms with Gasteiger partial charge in [-0.05, 0) is 12.1 Å². The van der Waals surface area contributed by atoms with E-state index < -0.39 is 0 Å². The maximum atomic E-state index is 12.5. The molecule has 7 heteroatoms. The molecule has 2 aromatic rings. The number of likely N-dealkylation sites (tertiary alicyclic amines) is 1. The van der Waals surface area contributed by atoms with Gasteiger partial charge in [-0.15, -0.1) is 0 Å². The second-order valence-corrected chi connectivity index (χ2v) is 6.45. The second kappa shape index (κ2) is 6.33. The maximum absolute atomic E-state index is 12.5. The van der Waals surface area contributed by atoms with Crippen molar-refractivity contribution in [1.29, 1.82) is 0 Å². The van der Waals surface area contributed by atoms with Gasteiger partial charge < -0.3 is 18.8 Å². The van der Waals surface area contributed by atoms with Crippen LogP contribution in [0.15, 0.2) is 41.5 Å². The van der Waals surface area contributed by atoms with Crippen LogP contribution in [0.3, 0.4) is 0 Å². The third-order valence-electron chi connectivity index (χ3n) is 4.83. The summed E-state index contributed by atoms with van der Waals surface area (Å²) in [5.41, 5.74) is 1.10. The van der Waals surface area contributed by atoms with E-state index in [1.54, 1.807) is 6.20 Å². The van der Waals surface area contributed by atoms with Crippen LogP contribution in [0.5, 0.6) is 0 Å². The maximum Gasteiger partial charge on any atom is 0.275 e. The van der Waals surface area contributed by atoms with Crippen LogP contribution in [0.1, 0.15) is 16.2 Å². The average Bonchev–Trinajstić information content (AvgIpc) is 3.31. The van der Waals surface area contributed by atoms with Crippen molar-refractivity contribution in [3.05, 3.63) is 48.4 Å². The molecule has 7 nitrogen and oxygen atoms in total. The van der Waals surface area contributed by atoms with Gasteiger partial charge in [0.15, 0.2) is 12.1 Å². The summed E-state index contributed by atoms with van der Waals surface area (Å²) in [6.45, 7) is 3.58. The summed E-state index contributed by atoms with van der Waals surface area (Å²) in [4.78, 5) is 22.5. The van der Waals surface area contributed by atoms with Crippen molar-refractivity contribution in [1.82, 2.24) is 14.9 Å². The minimum atomic E-state index is -0.145. The largest absolute Gasteiger partial charge is 0.451 e. The highest BCUT2D eigenvalue weighted by atomic mass is 16.5. The standard InChI is InChI=1S/C17H19N3O4/c21-16(15-8-24-12-19-15)20-5-13-6-22-10-17(13,9-20)11-23-7-14-3-1-2-4-18-14/h1-4,8,12-13H,5-7,9-11H2/t13-,17+/m1/s1. The zero-order valence-electron chi connectivity index (χ0n) is 13.3. The number of ether oxygens (including phenoxy) is 2. The van der Waals surface area contributed by atoms with Gasteiger partial charge in [0.25, 0.3) is 5.91 Å². The van der Waals surface area contributed by atoms with E-state index >= 15 is 0 Å².